The Kier molecular flexibility index (Phi) is 2.28. The molecular weight excluding hydrogens is 186 g/mol. The van der Waals surface area contributed by atoms with Crippen LogP contribution in [0.2, 0.25) is 5.02 Å². The Morgan fingerprint density at radius 3 is 3.00 bits per heavy atom. The molecule has 0 saturated carbocycles. The van der Waals surface area contributed by atoms with Gasteiger partial charge in [-0.2, -0.15) is 0 Å². The topological polar surface area (TPSA) is 35.2 Å². The standard InChI is InChI=1S/C10H12ClNO/c1-6-2-3-8(11)7-4-13-5-9(12)10(6)7/h2-3,9H,4-5,12H2,1H3/t9-/m1/s1. The molecule has 0 aromatic heterocycles. The third-order valence-electron chi connectivity index (χ3n) is 2.43. The highest BCUT2D eigenvalue weighted by atomic mass is 35.5. The molecule has 0 radical (unpaired) electrons. The van der Waals surface area contributed by atoms with Crippen LogP contribution < -0.4 is 5.73 Å². The number of hydrogen-bond acceptors (Lipinski definition) is 2. The van der Waals surface area contributed by atoms with Crippen molar-refractivity contribution < 1.29 is 4.74 Å². The first-order valence-corrected chi connectivity index (χ1v) is 4.69. The second-order valence-corrected chi connectivity index (χ2v) is 3.79. The fourth-order valence-electron chi connectivity index (χ4n) is 1.79. The van der Waals surface area contributed by atoms with Crippen LogP contribution in [0.3, 0.4) is 0 Å². The first-order chi connectivity index (χ1) is 6.20. The smallest absolute Gasteiger partial charge is 0.0735 e. The molecule has 3 heteroatoms. The third kappa shape index (κ3) is 1.46. The Balaban J connectivity index is 2.60. The largest absolute Gasteiger partial charge is 0.375 e. The molecule has 2 rings (SSSR count). The van der Waals surface area contributed by atoms with Crippen LogP contribution in [0.25, 0.3) is 0 Å². The normalized spacial score (nSPS) is 21.3. The fraction of sp³-hybridized carbons (Fsp3) is 0.400. The lowest BCUT2D eigenvalue weighted by atomic mass is 9.95. The molecule has 0 amide bonds. The highest BCUT2D eigenvalue weighted by Crippen LogP contribution is 2.31. The zero-order valence-corrected chi connectivity index (χ0v) is 8.27. The van der Waals surface area contributed by atoms with Crippen LogP contribution in [0.1, 0.15) is 22.7 Å². The summed E-state index contributed by atoms with van der Waals surface area (Å²) in [4.78, 5) is 0. The predicted octanol–water partition coefficient (Wildman–Crippen LogP) is 2.18. The number of rotatable bonds is 0. The molecule has 1 aromatic carbocycles. The van der Waals surface area contributed by atoms with Gasteiger partial charge >= 0.3 is 0 Å². The molecule has 70 valence electrons. The summed E-state index contributed by atoms with van der Waals surface area (Å²) >= 11 is 6.04. The Labute approximate surface area is 82.6 Å². The zero-order chi connectivity index (χ0) is 9.42. The van der Waals surface area contributed by atoms with Crippen molar-refractivity contribution >= 4 is 11.6 Å². The van der Waals surface area contributed by atoms with E-state index < -0.39 is 0 Å². The number of ether oxygens (including phenoxy) is 1. The summed E-state index contributed by atoms with van der Waals surface area (Å²) < 4.78 is 5.33. The van der Waals surface area contributed by atoms with Crippen LogP contribution >= 0.6 is 11.6 Å². The van der Waals surface area contributed by atoms with Gasteiger partial charge in [0.15, 0.2) is 0 Å². The van der Waals surface area contributed by atoms with E-state index in [1.54, 1.807) is 0 Å². The lowest BCUT2D eigenvalue weighted by Crippen LogP contribution is -2.24. The molecule has 13 heavy (non-hydrogen) atoms. The van der Waals surface area contributed by atoms with Gasteiger partial charge in [0.25, 0.3) is 0 Å². The van der Waals surface area contributed by atoms with Crippen molar-refractivity contribution in [1.29, 1.82) is 0 Å². The molecule has 1 atom stereocenters. The van der Waals surface area contributed by atoms with Crippen LogP contribution in [0, 0.1) is 6.92 Å². The minimum absolute atomic E-state index is 0.0255. The molecule has 1 aromatic rings. The molecule has 1 aliphatic rings. The maximum Gasteiger partial charge on any atom is 0.0735 e. The monoisotopic (exact) mass is 197 g/mol. The fourth-order valence-corrected chi connectivity index (χ4v) is 2.01. The van der Waals surface area contributed by atoms with Crippen molar-refractivity contribution in [2.75, 3.05) is 6.61 Å². The second-order valence-electron chi connectivity index (χ2n) is 3.38. The van der Waals surface area contributed by atoms with E-state index in [0.717, 1.165) is 10.6 Å². The van der Waals surface area contributed by atoms with E-state index in [-0.39, 0.29) is 6.04 Å². The van der Waals surface area contributed by atoms with Gasteiger partial charge in [0.2, 0.25) is 0 Å². The Hall–Kier alpha value is -0.570. The van der Waals surface area contributed by atoms with Crippen molar-refractivity contribution in [2.45, 2.75) is 19.6 Å². The molecule has 0 spiro atoms. The van der Waals surface area contributed by atoms with Crippen molar-refractivity contribution in [3.05, 3.63) is 33.8 Å². The zero-order valence-electron chi connectivity index (χ0n) is 7.51. The van der Waals surface area contributed by atoms with Crippen molar-refractivity contribution in [1.82, 2.24) is 0 Å². The summed E-state index contributed by atoms with van der Waals surface area (Å²) in [6.45, 7) is 3.23. The average Bonchev–Trinajstić information content (AvgIpc) is 2.12. The first-order valence-electron chi connectivity index (χ1n) is 4.31. The van der Waals surface area contributed by atoms with E-state index in [9.17, 15) is 0 Å². The van der Waals surface area contributed by atoms with Gasteiger partial charge in [-0.15, -0.1) is 0 Å². The van der Waals surface area contributed by atoms with Crippen LogP contribution in [-0.4, -0.2) is 6.61 Å². The molecule has 2 N–H and O–H groups in total. The quantitative estimate of drug-likeness (QED) is 0.692. The van der Waals surface area contributed by atoms with Crippen molar-refractivity contribution in [3.8, 4) is 0 Å². The summed E-state index contributed by atoms with van der Waals surface area (Å²) in [5.41, 5.74) is 9.36. The first kappa shape index (κ1) is 9.00. The number of fused-ring (bicyclic) bond motifs is 1. The maximum atomic E-state index is 6.04. The van der Waals surface area contributed by atoms with Crippen molar-refractivity contribution in [3.63, 3.8) is 0 Å². The Morgan fingerprint density at radius 2 is 2.31 bits per heavy atom. The molecule has 1 aliphatic heterocycles. The average molecular weight is 198 g/mol. The molecule has 2 nitrogen and oxygen atoms in total. The van der Waals surface area contributed by atoms with E-state index in [4.69, 9.17) is 22.1 Å². The lowest BCUT2D eigenvalue weighted by Gasteiger charge is -2.25. The van der Waals surface area contributed by atoms with E-state index in [2.05, 4.69) is 6.92 Å². The van der Waals surface area contributed by atoms with Gasteiger partial charge in [0.05, 0.1) is 19.3 Å². The number of nitrogens with two attached hydrogens (primary N) is 1. The van der Waals surface area contributed by atoms with Crippen LogP contribution in [-0.2, 0) is 11.3 Å². The van der Waals surface area contributed by atoms with Gasteiger partial charge < -0.3 is 10.5 Å². The number of benzene rings is 1. The summed E-state index contributed by atoms with van der Waals surface area (Å²) in [5.74, 6) is 0. The molecule has 0 saturated heterocycles. The summed E-state index contributed by atoms with van der Waals surface area (Å²) in [6.07, 6.45) is 0. The van der Waals surface area contributed by atoms with Gasteiger partial charge in [-0.1, -0.05) is 17.7 Å². The predicted molar refractivity (Wildman–Crippen MR) is 52.8 cm³/mol. The second kappa shape index (κ2) is 3.29. The van der Waals surface area contributed by atoms with E-state index in [1.165, 1.54) is 11.1 Å². The SMILES string of the molecule is Cc1ccc(Cl)c2c1[C@H](N)COC2. The van der Waals surface area contributed by atoms with E-state index >= 15 is 0 Å². The molecule has 1 heterocycles. The molecule has 0 unspecified atom stereocenters. The number of aryl methyl sites for hydroxylation is 1. The summed E-state index contributed by atoms with van der Waals surface area (Å²) in [7, 11) is 0. The van der Waals surface area contributed by atoms with Gasteiger partial charge in [-0.25, -0.2) is 0 Å². The van der Waals surface area contributed by atoms with Crippen molar-refractivity contribution in [2.24, 2.45) is 5.73 Å². The number of hydrogen-bond donors (Lipinski definition) is 1. The molecule has 0 bridgehead atoms. The Morgan fingerprint density at radius 1 is 1.54 bits per heavy atom. The Bertz CT molecular complexity index is 338. The van der Waals surface area contributed by atoms with Gasteiger partial charge in [0.1, 0.15) is 0 Å². The van der Waals surface area contributed by atoms with E-state index in [0.29, 0.717) is 13.2 Å². The number of halogens is 1. The van der Waals surface area contributed by atoms with Crippen LogP contribution in [0.15, 0.2) is 12.1 Å². The minimum Gasteiger partial charge on any atom is -0.375 e. The maximum absolute atomic E-state index is 6.04. The molecule has 0 fully saturated rings. The molecular formula is C10H12ClNO. The van der Waals surface area contributed by atoms with Crippen LogP contribution in [0.5, 0.6) is 0 Å². The summed E-state index contributed by atoms with van der Waals surface area (Å²) in [5, 5.41) is 0.760. The molecule has 0 aliphatic carbocycles. The highest BCUT2D eigenvalue weighted by molar-refractivity contribution is 6.31. The third-order valence-corrected chi connectivity index (χ3v) is 2.79. The minimum atomic E-state index is -0.0255. The van der Waals surface area contributed by atoms with Gasteiger partial charge in [-0.05, 0) is 24.1 Å². The lowest BCUT2D eigenvalue weighted by molar-refractivity contribution is 0.0922. The summed E-state index contributed by atoms with van der Waals surface area (Å²) in [6, 6.07) is 3.88. The highest BCUT2D eigenvalue weighted by Gasteiger charge is 2.21. The van der Waals surface area contributed by atoms with Gasteiger partial charge in [-0.3, -0.25) is 0 Å². The van der Waals surface area contributed by atoms with E-state index in [1.807, 2.05) is 12.1 Å². The van der Waals surface area contributed by atoms with Crippen LogP contribution in [0.4, 0.5) is 0 Å². The van der Waals surface area contributed by atoms with Gasteiger partial charge in [0, 0.05) is 10.6 Å².